The maximum atomic E-state index is 11.9. The van der Waals surface area contributed by atoms with E-state index >= 15 is 0 Å². The number of aromatic nitrogens is 1. The molecule has 4 heteroatoms. The molecule has 0 radical (unpaired) electrons. The Kier molecular flexibility index (Phi) is 3.71. The molecule has 88 valence electrons. The zero-order valence-electron chi connectivity index (χ0n) is 9.65. The Morgan fingerprint density at radius 2 is 2.29 bits per heavy atom. The van der Waals surface area contributed by atoms with Gasteiger partial charge in [-0.1, -0.05) is 12.8 Å². The number of carbonyl (C=O) groups excluding carboxylic acids is 1. The van der Waals surface area contributed by atoms with Crippen molar-refractivity contribution in [2.24, 2.45) is 5.92 Å². The van der Waals surface area contributed by atoms with Crippen molar-refractivity contribution >= 4 is 5.91 Å². The van der Waals surface area contributed by atoms with Gasteiger partial charge in [-0.3, -0.25) is 9.78 Å². The molecule has 2 rings (SSSR count). The van der Waals surface area contributed by atoms with Gasteiger partial charge in [-0.05, 0) is 24.8 Å². The number of rotatable bonds is 3. The van der Waals surface area contributed by atoms with E-state index in [9.17, 15) is 4.79 Å². The Morgan fingerprint density at radius 3 is 3.00 bits per heavy atom. The van der Waals surface area contributed by atoms with Crippen molar-refractivity contribution in [3.8, 4) is 6.07 Å². The summed E-state index contributed by atoms with van der Waals surface area (Å²) in [5.41, 5.74) is 0.747. The molecule has 4 nitrogen and oxygen atoms in total. The van der Waals surface area contributed by atoms with Gasteiger partial charge in [-0.25, -0.2) is 0 Å². The highest BCUT2D eigenvalue weighted by Gasteiger charge is 2.17. The van der Waals surface area contributed by atoms with E-state index in [1.54, 1.807) is 6.07 Å². The number of hydrogen-bond donors (Lipinski definition) is 1. The molecule has 0 aliphatic heterocycles. The second-order valence-electron chi connectivity index (χ2n) is 4.39. The summed E-state index contributed by atoms with van der Waals surface area (Å²) in [6.07, 6.45) is 7.87. The van der Waals surface area contributed by atoms with Crippen molar-refractivity contribution in [3.05, 3.63) is 29.6 Å². The summed E-state index contributed by atoms with van der Waals surface area (Å²) in [7, 11) is 0. The third-order valence-corrected chi connectivity index (χ3v) is 3.21. The minimum atomic E-state index is -0.193. The summed E-state index contributed by atoms with van der Waals surface area (Å²) < 4.78 is 0. The van der Waals surface area contributed by atoms with Gasteiger partial charge in [0.05, 0.1) is 11.1 Å². The van der Waals surface area contributed by atoms with Crippen LogP contribution >= 0.6 is 0 Å². The summed E-state index contributed by atoms with van der Waals surface area (Å²) in [6, 6.07) is 3.56. The van der Waals surface area contributed by atoms with E-state index in [-0.39, 0.29) is 5.91 Å². The van der Waals surface area contributed by atoms with Gasteiger partial charge in [0.15, 0.2) is 0 Å². The molecule has 0 saturated heterocycles. The quantitative estimate of drug-likeness (QED) is 0.860. The van der Waals surface area contributed by atoms with Crippen molar-refractivity contribution in [2.45, 2.75) is 25.7 Å². The highest BCUT2D eigenvalue weighted by Crippen LogP contribution is 2.23. The molecule has 1 aliphatic carbocycles. The lowest BCUT2D eigenvalue weighted by molar-refractivity contribution is 0.0947. The highest BCUT2D eigenvalue weighted by molar-refractivity contribution is 5.96. The average Bonchev–Trinajstić information content (AvgIpc) is 2.89. The molecule has 0 spiro atoms. The second kappa shape index (κ2) is 5.44. The van der Waals surface area contributed by atoms with Crippen LogP contribution in [0, 0.1) is 17.2 Å². The van der Waals surface area contributed by atoms with E-state index in [1.165, 1.54) is 38.1 Å². The lowest BCUT2D eigenvalue weighted by Crippen LogP contribution is -2.29. The van der Waals surface area contributed by atoms with Crippen molar-refractivity contribution in [1.29, 1.82) is 5.26 Å². The number of pyridine rings is 1. The van der Waals surface area contributed by atoms with Crippen LogP contribution in [-0.2, 0) is 0 Å². The molecule has 1 aliphatic rings. The molecule has 1 fully saturated rings. The van der Waals surface area contributed by atoms with E-state index in [0.717, 1.165) is 0 Å². The number of nitrogens with zero attached hydrogens (tertiary/aromatic N) is 2. The molecule has 1 heterocycles. The van der Waals surface area contributed by atoms with Crippen LogP contribution in [0.3, 0.4) is 0 Å². The molecular weight excluding hydrogens is 214 g/mol. The summed E-state index contributed by atoms with van der Waals surface area (Å²) in [5.74, 6) is 0.405. The smallest absolute Gasteiger partial charge is 0.254 e. The lowest BCUT2D eigenvalue weighted by atomic mass is 10.1. The zero-order valence-corrected chi connectivity index (χ0v) is 9.65. The van der Waals surface area contributed by atoms with Crippen LogP contribution in [0.5, 0.6) is 0 Å². The van der Waals surface area contributed by atoms with E-state index in [0.29, 0.717) is 23.6 Å². The molecule has 17 heavy (non-hydrogen) atoms. The Labute approximate surface area is 101 Å². The standard InChI is InChI=1S/C13H15N3O/c14-7-11-5-6-15-9-12(11)13(17)16-8-10-3-1-2-4-10/h5-6,9-10H,1-4,8H2,(H,16,17). The largest absolute Gasteiger partial charge is 0.352 e. The van der Waals surface area contributed by atoms with E-state index < -0.39 is 0 Å². The third kappa shape index (κ3) is 2.82. The first kappa shape index (κ1) is 11.6. The molecule has 1 saturated carbocycles. The summed E-state index contributed by atoms with van der Waals surface area (Å²) >= 11 is 0. The zero-order chi connectivity index (χ0) is 12.1. The van der Waals surface area contributed by atoms with Crippen molar-refractivity contribution in [3.63, 3.8) is 0 Å². The van der Waals surface area contributed by atoms with Crippen molar-refractivity contribution < 1.29 is 4.79 Å². The van der Waals surface area contributed by atoms with Crippen LogP contribution < -0.4 is 5.32 Å². The molecule has 1 N–H and O–H groups in total. The molecule has 1 aromatic heterocycles. The van der Waals surface area contributed by atoms with Crippen LogP contribution in [-0.4, -0.2) is 17.4 Å². The number of nitrogens with one attached hydrogen (secondary N) is 1. The first-order valence-corrected chi connectivity index (χ1v) is 5.93. The monoisotopic (exact) mass is 229 g/mol. The number of hydrogen-bond acceptors (Lipinski definition) is 3. The maximum absolute atomic E-state index is 11.9. The van der Waals surface area contributed by atoms with Gasteiger partial charge in [0.1, 0.15) is 6.07 Å². The van der Waals surface area contributed by atoms with Gasteiger partial charge < -0.3 is 5.32 Å². The van der Waals surface area contributed by atoms with Gasteiger partial charge in [-0.2, -0.15) is 5.26 Å². The summed E-state index contributed by atoms with van der Waals surface area (Å²) in [4.78, 5) is 15.8. The normalized spacial score (nSPS) is 15.5. The molecule has 0 atom stereocenters. The number of nitriles is 1. The van der Waals surface area contributed by atoms with E-state index in [2.05, 4.69) is 10.3 Å². The first-order chi connectivity index (χ1) is 8.31. The van der Waals surface area contributed by atoms with Crippen LogP contribution in [0.4, 0.5) is 0 Å². The Morgan fingerprint density at radius 1 is 1.53 bits per heavy atom. The van der Waals surface area contributed by atoms with Gasteiger partial charge in [0.2, 0.25) is 0 Å². The van der Waals surface area contributed by atoms with Crippen molar-refractivity contribution in [1.82, 2.24) is 10.3 Å². The second-order valence-corrected chi connectivity index (χ2v) is 4.39. The van der Waals surface area contributed by atoms with Crippen molar-refractivity contribution in [2.75, 3.05) is 6.54 Å². The van der Waals surface area contributed by atoms with E-state index in [1.807, 2.05) is 6.07 Å². The van der Waals surface area contributed by atoms with Gasteiger partial charge in [0.25, 0.3) is 5.91 Å². The number of amides is 1. The molecule has 1 amide bonds. The number of carbonyl (C=O) groups is 1. The summed E-state index contributed by atoms with van der Waals surface area (Å²) in [5, 5.41) is 11.8. The fourth-order valence-corrected chi connectivity index (χ4v) is 2.22. The van der Waals surface area contributed by atoms with Gasteiger partial charge in [-0.15, -0.1) is 0 Å². The van der Waals surface area contributed by atoms with Crippen LogP contribution in [0.2, 0.25) is 0 Å². The molecule has 1 aromatic rings. The Hall–Kier alpha value is -1.89. The average molecular weight is 229 g/mol. The predicted molar refractivity (Wildman–Crippen MR) is 63.2 cm³/mol. The van der Waals surface area contributed by atoms with Gasteiger partial charge in [0, 0.05) is 18.9 Å². The van der Waals surface area contributed by atoms with Gasteiger partial charge >= 0.3 is 0 Å². The Bertz CT molecular complexity index is 444. The lowest BCUT2D eigenvalue weighted by Gasteiger charge is -2.10. The minimum Gasteiger partial charge on any atom is -0.352 e. The predicted octanol–water partition coefficient (Wildman–Crippen LogP) is 1.87. The molecule has 0 aromatic carbocycles. The third-order valence-electron chi connectivity index (χ3n) is 3.21. The van der Waals surface area contributed by atoms with Crippen LogP contribution in [0.1, 0.15) is 41.6 Å². The minimum absolute atomic E-state index is 0.193. The topological polar surface area (TPSA) is 65.8 Å². The summed E-state index contributed by atoms with van der Waals surface area (Å²) in [6.45, 7) is 0.707. The molecule has 0 bridgehead atoms. The maximum Gasteiger partial charge on any atom is 0.254 e. The van der Waals surface area contributed by atoms with E-state index in [4.69, 9.17) is 5.26 Å². The fraction of sp³-hybridized carbons (Fsp3) is 0.462. The SMILES string of the molecule is N#Cc1ccncc1C(=O)NCC1CCCC1. The first-order valence-electron chi connectivity index (χ1n) is 5.93. The molecule has 0 unspecified atom stereocenters. The van der Waals surface area contributed by atoms with Crippen LogP contribution in [0.15, 0.2) is 18.5 Å². The highest BCUT2D eigenvalue weighted by atomic mass is 16.1. The fourth-order valence-electron chi connectivity index (χ4n) is 2.22. The molecular formula is C13H15N3O. The Balaban J connectivity index is 1.97. The van der Waals surface area contributed by atoms with Crippen LogP contribution in [0.25, 0.3) is 0 Å².